The van der Waals surface area contributed by atoms with Crippen molar-refractivity contribution in [3.8, 4) is 5.75 Å². The van der Waals surface area contributed by atoms with E-state index in [1.54, 1.807) is 13.2 Å². The average molecular weight is 371 g/mol. The molecule has 142 valence electrons. The molecule has 3 aromatic rings. The van der Waals surface area contributed by atoms with Crippen molar-refractivity contribution in [3.05, 3.63) is 39.9 Å². The Balaban J connectivity index is 1.73. The van der Waals surface area contributed by atoms with E-state index >= 15 is 0 Å². The highest BCUT2D eigenvalue weighted by atomic mass is 16.5. The van der Waals surface area contributed by atoms with Crippen molar-refractivity contribution in [1.29, 1.82) is 0 Å². The van der Waals surface area contributed by atoms with Crippen LogP contribution in [0.1, 0.15) is 11.1 Å². The monoisotopic (exact) mass is 371 g/mol. The maximum atomic E-state index is 12.4. The van der Waals surface area contributed by atoms with E-state index in [2.05, 4.69) is 15.3 Å². The molecule has 0 saturated carbocycles. The van der Waals surface area contributed by atoms with Gasteiger partial charge in [-0.3, -0.25) is 9.13 Å². The molecule has 9 nitrogen and oxygen atoms in total. The summed E-state index contributed by atoms with van der Waals surface area (Å²) in [5.74, 6) is 1.26. The Labute approximate surface area is 154 Å². The molecular weight excluding hydrogens is 350 g/mol. The first-order chi connectivity index (χ1) is 13.0. The largest absolute Gasteiger partial charge is 0.493 e. The minimum Gasteiger partial charge on any atom is -0.493 e. The standard InChI is InChI=1S/C18H21N5O4/c1-10-5-15-11(3-4-27-15)6-13(10)20-17-19-7-14-16(21-17)23(8-12(25)9-24)18(26)22(14)2/h5-7,12,24-25H,3-4,8-9H2,1-2H3,(H,19,20,21). The number of ether oxygens (including phenoxy) is 1. The van der Waals surface area contributed by atoms with E-state index in [1.807, 2.05) is 19.1 Å². The van der Waals surface area contributed by atoms with Crippen molar-refractivity contribution < 1.29 is 14.9 Å². The number of aliphatic hydroxyl groups is 2. The second kappa shape index (κ2) is 6.67. The number of anilines is 2. The molecule has 3 N–H and O–H groups in total. The molecule has 2 aromatic heterocycles. The molecule has 0 aliphatic carbocycles. The van der Waals surface area contributed by atoms with Gasteiger partial charge in [-0.15, -0.1) is 0 Å². The highest BCUT2D eigenvalue weighted by molar-refractivity contribution is 5.73. The number of aryl methyl sites for hydroxylation is 2. The van der Waals surface area contributed by atoms with E-state index in [9.17, 15) is 9.90 Å². The number of benzene rings is 1. The second-order valence-corrected chi connectivity index (χ2v) is 6.69. The lowest BCUT2D eigenvalue weighted by molar-refractivity contribution is 0.0811. The molecule has 1 atom stereocenters. The maximum absolute atomic E-state index is 12.4. The van der Waals surface area contributed by atoms with Crippen molar-refractivity contribution in [1.82, 2.24) is 19.1 Å². The number of nitrogens with zero attached hydrogens (tertiary/aromatic N) is 4. The van der Waals surface area contributed by atoms with Gasteiger partial charge in [0.1, 0.15) is 11.3 Å². The van der Waals surface area contributed by atoms with Crippen LogP contribution in [-0.4, -0.2) is 48.6 Å². The lowest BCUT2D eigenvalue weighted by atomic mass is 10.1. The normalized spacial score (nSPS) is 14.2. The van der Waals surface area contributed by atoms with Crippen molar-refractivity contribution in [2.75, 3.05) is 18.5 Å². The summed E-state index contributed by atoms with van der Waals surface area (Å²) in [4.78, 5) is 21.2. The number of nitrogens with one attached hydrogen (secondary N) is 1. The molecule has 9 heteroatoms. The van der Waals surface area contributed by atoms with Crippen LogP contribution in [-0.2, 0) is 20.0 Å². The van der Waals surface area contributed by atoms with Gasteiger partial charge in [-0.2, -0.15) is 4.98 Å². The van der Waals surface area contributed by atoms with E-state index in [0.717, 1.165) is 29.0 Å². The van der Waals surface area contributed by atoms with Gasteiger partial charge in [-0.05, 0) is 30.2 Å². The molecule has 1 unspecified atom stereocenters. The topological polar surface area (TPSA) is 114 Å². The van der Waals surface area contributed by atoms with Crippen molar-refractivity contribution >= 4 is 22.8 Å². The van der Waals surface area contributed by atoms with Gasteiger partial charge in [0.05, 0.1) is 32.1 Å². The molecule has 1 aromatic carbocycles. The lowest BCUT2D eigenvalue weighted by Crippen LogP contribution is -2.29. The van der Waals surface area contributed by atoms with Crippen LogP contribution in [0.15, 0.2) is 23.1 Å². The predicted molar refractivity (Wildman–Crippen MR) is 99.5 cm³/mol. The fourth-order valence-electron chi connectivity index (χ4n) is 3.25. The van der Waals surface area contributed by atoms with Gasteiger partial charge in [0, 0.05) is 19.2 Å². The summed E-state index contributed by atoms with van der Waals surface area (Å²) in [5.41, 5.74) is 3.63. The van der Waals surface area contributed by atoms with Crippen LogP contribution in [0.4, 0.5) is 11.6 Å². The molecule has 1 aliphatic heterocycles. The van der Waals surface area contributed by atoms with Crippen LogP contribution in [0.2, 0.25) is 0 Å². The Kier molecular flexibility index (Phi) is 4.33. The maximum Gasteiger partial charge on any atom is 0.330 e. The fraction of sp³-hybridized carbons (Fsp3) is 0.389. The predicted octanol–water partition coefficient (Wildman–Crippen LogP) is 0.470. The first kappa shape index (κ1) is 17.5. The first-order valence-corrected chi connectivity index (χ1v) is 8.72. The van der Waals surface area contributed by atoms with Crippen molar-refractivity contribution in [3.63, 3.8) is 0 Å². The summed E-state index contributed by atoms with van der Waals surface area (Å²) in [6, 6.07) is 4.01. The number of imidazole rings is 1. The van der Waals surface area contributed by atoms with Crippen LogP contribution in [0.5, 0.6) is 5.75 Å². The zero-order valence-electron chi connectivity index (χ0n) is 15.1. The van der Waals surface area contributed by atoms with Gasteiger partial charge in [-0.1, -0.05) is 0 Å². The smallest absolute Gasteiger partial charge is 0.330 e. The molecule has 0 radical (unpaired) electrons. The molecule has 27 heavy (non-hydrogen) atoms. The molecule has 1 aliphatic rings. The molecule has 0 bridgehead atoms. The summed E-state index contributed by atoms with van der Waals surface area (Å²) < 4.78 is 8.34. The highest BCUT2D eigenvalue weighted by Gasteiger charge is 2.18. The minimum absolute atomic E-state index is 0.0433. The van der Waals surface area contributed by atoms with E-state index in [4.69, 9.17) is 9.84 Å². The van der Waals surface area contributed by atoms with Crippen molar-refractivity contribution in [2.24, 2.45) is 7.05 Å². The van der Waals surface area contributed by atoms with Gasteiger partial charge in [0.25, 0.3) is 0 Å². The Morgan fingerprint density at radius 2 is 2.22 bits per heavy atom. The SMILES string of the molecule is Cc1cc2c(cc1Nc1ncc3c(n1)n(CC(O)CO)c(=O)n3C)CCO2. The van der Waals surface area contributed by atoms with Gasteiger partial charge in [-0.25, -0.2) is 9.78 Å². The molecule has 3 heterocycles. The fourth-order valence-corrected chi connectivity index (χ4v) is 3.25. The average Bonchev–Trinajstić information content (AvgIpc) is 3.20. The Morgan fingerprint density at radius 3 is 3.00 bits per heavy atom. The van der Waals surface area contributed by atoms with E-state index in [-0.39, 0.29) is 12.2 Å². The van der Waals surface area contributed by atoms with Crippen LogP contribution in [0.25, 0.3) is 11.2 Å². The molecule has 0 spiro atoms. The van der Waals surface area contributed by atoms with Crippen LogP contribution in [0, 0.1) is 6.92 Å². The van der Waals surface area contributed by atoms with E-state index in [0.29, 0.717) is 23.7 Å². The summed E-state index contributed by atoms with van der Waals surface area (Å²) in [7, 11) is 1.62. The zero-order valence-corrected chi connectivity index (χ0v) is 15.1. The van der Waals surface area contributed by atoms with E-state index < -0.39 is 12.7 Å². The summed E-state index contributed by atoms with van der Waals surface area (Å²) in [6.45, 7) is 2.18. The molecule has 4 rings (SSSR count). The van der Waals surface area contributed by atoms with Crippen molar-refractivity contribution in [2.45, 2.75) is 26.0 Å². The molecule has 0 amide bonds. The third-order valence-corrected chi connectivity index (χ3v) is 4.77. The van der Waals surface area contributed by atoms with Gasteiger partial charge in [0.15, 0.2) is 5.65 Å². The Bertz CT molecular complexity index is 1070. The molecule has 0 saturated heterocycles. The molecular formula is C18H21N5O4. The van der Waals surface area contributed by atoms with Gasteiger partial charge >= 0.3 is 5.69 Å². The number of aliphatic hydroxyl groups excluding tert-OH is 2. The Hall–Kier alpha value is -2.91. The Morgan fingerprint density at radius 1 is 1.41 bits per heavy atom. The summed E-state index contributed by atoms with van der Waals surface area (Å²) in [5, 5.41) is 22.0. The molecule has 0 fully saturated rings. The number of fused-ring (bicyclic) bond motifs is 2. The van der Waals surface area contributed by atoms with Gasteiger partial charge in [0.2, 0.25) is 5.95 Å². The summed E-state index contributed by atoms with van der Waals surface area (Å²) >= 11 is 0. The third kappa shape index (κ3) is 3.04. The lowest BCUT2D eigenvalue weighted by Gasteiger charge is -2.11. The number of hydrogen-bond donors (Lipinski definition) is 3. The van der Waals surface area contributed by atoms with Crippen LogP contribution in [0.3, 0.4) is 0 Å². The quantitative estimate of drug-likeness (QED) is 0.597. The van der Waals surface area contributed by atoms with E-state index in [1.165, 1.54) is 9.13 Å². The first-order valence-electron chi connectivity index (χ1n) is 8.72. The number of hydrogen-bond acceptors (Lipinski definition) is 7. The van der Waals surface area contributed by atoms with Crippen LogP contribution >= 0.6 is 0 Å². The second-order valence-electron chi connectivity index (χ2n) is 6.69. The number of rotatable bonds is 5. The zero-order chi connectivity index (χ0) is 19.1. The van der Waals surface area contributed by atoms with Crippen LogP contribution < -0.4 is 15.7 Å². The highest BCUT2D eigenvalue weighted by Crippen LogP contribution is 2.32. The minimum atomic E-state index is -1.04. The summed E-state index contributed by atoms with van der Waals surface area (Å²) in [6.07, 6.45) is 1.39. The van der Waals surface area contributed by atoms with Gasteiger partial charge < -0.3 is 20.3 Å². The number of aromatic nitrogens is 4. The third-order valence-electron chi connectivity index (χ3n) is 4.77.